The van der Waals surface area contributed by atoms with Crippen molar-refractivity contribution < 1.29 is 19.3 Å². The Bertz CT molecular complexity index is 678. The molecular weight excluding hydrogens is 359 g/mol. The maximum absolute atomic E-state index is 10.6. The molecule has 0 aliphatic carbocycles. The molecule has 10 heteroatoms. The summed E-state index contributed by atoms with van der Waals surface area (Å²) >= 11 is 12.8. The normalized spacial score (nSPS) is 18.2. The Morgan fingerprint density at radius 3 is 2.29 bits per heavy atom. The van der Waals surface area contributed by atoms with Crippen molar-refractivity contribution in [3.63, 3.8) is 0 Å². The lowest BCUT2D eigenvalue weighted by molar-refractivity contribution is 0.309. The van der Waals surface area contributed by atoms with E-state index in [-0.39, 0.29) is 39.4 Å². The fourth-order valence-corrected chi connectivity index (χ4v) is 3.12. The number of nitrogens with two attached hydrogens (primary N) is 2. The largest absolute Gasteiger partial charge is 0.504 e. The number of hydrogen-bond acceptors (Lipinski definition) is 8. The van der Waals surface area contributed by atoms with E-state index in [9.17, 15) is 5.11 Å². The van der Waals surface area contributed by atoms with Crippen LogP contribution in [0.1, 0.15) is 10.9 Å². The Hall–Kier alpha value is -2.03. The molecule has 2 atom stereocenters. The first-order valence-electron chi connectivity index (χ1n) is 6.77. The zero-order valence-electron chi connectivity index (χ0n) is 13.3. The minimum absolute atomic E-state index is 0.0379. The Kier molecular flexibility index (Phi) is 5.53. The second kappa shape index (κ2) is 7.25. The summed E-state index contributed by atoms with van der Waals surface area (Å²) in [6.45, 7) is 0. The molecule has 0 aromatic heterocycles. The number of alkyl halides is 1. The van der Waals surface area contributed by atoms with Gasteiger partial charge in [-0.05, 0) is 0 Å². The number of nitrogens with zero attached hydrogens (tertiary/aromatic N) is 1. The zero-order chi connectivity index (χ0) is 18.0. The molecule has 0 saturated carbocycles. The Morgan fingerprint density at radius 1 is 1.21 bits per heavy atom. The van der Waals surface area contributed by atoms with Crippen LogP contribution >= 0.6 is 23.2 Å². The average molecular weight is 377 g/mol. The van der Waals surface area contributed by atoms with Crippen molar-refractivity contribution in [2.45, 2.75) is 11.7 Å². The quantitative estimate of drug-likeness (QED) is 0.573. The van der Waals surface area contributed by atoms with Gasteiger partial charge in [0.05, 0.1) is 31.7 Å². The number of methoxy groups -OCH3 is 3. The van der Waals surface area contributed by atoms with Crippen LogP contribution in [0.2, 0.25) is 5.02 Å². The van der Waals surface area contributed by atoms with E-state index in [1.807, 2.05) is 0 Å². The topological polar surface area (TPSA) is 124 Å². The van der Waals surface area contributed by atoms with E-state index < -0.39 is 11.7 Å². The van der Waals surface area contributed by atoms with Gasteiger partial charge >= 0.3 is 0 Å². The number of rotatable bonds is 5. The SMILES string of the molecule is COc1c(O)c(C(Cl)C2=CNC(N)N=C2N)c(Cl)c(OC)c1OC. The summed E-state index contributed by atoms with van der Waals surface area (Å²) in [7, 11) is 4.17. The van der Waals surface area contributed by atoms with Crippen molar-refractivity contribution in [1.29, 1.82) is 0 Å². The number of aromatic hydroxyl groups is 1. The molecule has 1 aliphatic heterocycles. The van der Waals surface area contributed by atoms with Crippen LogP contribution in [0.4, 0.5) is 0 Å². The van der Waals surface area contributed by atoms with Crippen molar-refractivity contribution in [3.8, 4) is 23.0 Å². The van der Waals surface area contributed by atoms with E-state index in [0.717, 1.165) is 0 Å². The van der Waals surface area contributed by atoms with Gasteiger partial charge in [-0.2, -0.15) is 0 Å². The lowest BCUT2D eigenvalue weighted by atomic mass is 10.0. The molecule has 0 bridgehead atoms. The minimum atomic E-state index is -0.935. The van der Waals surface area contributed by atoms with Crippen molar-refractivity contribution in [2.75, 3.05) is 21.3 Å². The Morgan fingerprint density at radius 2 is 1.79 bits per heavy atom. The highest BCUT2D eigenvalue weighted by molar-refractivity contribution is 6.36. The van der Waals surface area contributed by atoms with Gasteiger partial charge in [-0.3, -0.25) is 5.73 Å². The second-order valence-electron chi connectivity index (χ2n) is 4.76. The maximum Gasteiger partial charge on any atom is 0.208 e. The van der Waals surface area contributed by atoms with Crippen molar-refractivity contribution in [1.82, 2.24) is 5.32 Å². The summed E-state index contributed by atoms with van der Waals surface area (Å²) in [5.41, 5.74) is 12.0. The predicted octanol–water partition coefficient (Wildman–Crippen LogP) is 1.44. The van der Waals surface area contributed by atoms with E-state index in [1.165, 1.54) is 27.5 Å². The highest BCUT2D eigenvalue weighted by Crippen LogP contribution is 2.55. The number of benzene rings is 1. The average Bonchev–Trinajstić information content (AvgIpc) is 2.54. The molecular formula is C14H18Cl2N4O4. The van der Waals surface area contributed by atoms with E-state index in [1.54, 1.807) is 0 Å². The van der Waals surface area contributed by atoms with E-state index in [4.69, 9.17) is 48.9 Å². The van der Waals surface area contributed by atoms with E-state index in [0.29, 0.717) is 5.57 Å². The molecule has 1 heterocycles. The number of phenols is 1. The lowest BCUT2D eigenvalue weighted by Gasteiger charge is -2.24. The van der Waals surface area contributed by atoms with Crippen LogP contribution in [0.3, 0.4) is 0 Å². The van der Waals surface area contributed by atoms with Crippen LogP contribution in [-0.4, -0.2) is 38.6 Å². The van der Waals surface area contributed by atoms with Crippen LogP contribution in [0.15, 0.2) is 16.8 Å². The number of phenolic OH excluding ortho intramolecular Hbond substituents is 1. The third-order valence-corrected chi connectivity index (χ3v) is 4.27. The Balaban J connectivity index is 2.64. The van der Waals surface area contributed by atoms with Crippen LogP contribution in [-0.2, 0) is 0 Å². The summed E-state index contributed by atoms with van der Waals surface area (Å²) in [4.78, 5) is 3.99. The van der Waals surface area contributed by atoms with Crippen molar-refractivity contribution >= 4 is 29.0 Å². The number of aliphatic imine (C=N–C) groups is 1. The van der Waals surface area contributed by atoms with E-state index in [2.05, 4.69) is 10.3 Å². The van der Waals surface area contributed by atoms with Crippen LogP contribution < -0.4 is 31.0 Å². The van der Waals surface area contributed by atoms with Crippen LogP contribution in [0, 0.1) is 0 Å². The molecule has 1 aromatic rings. The molecule has 2 rings (SSSR count). The molecule has 132 valence electrons. The summed E-state index contributed by atoms with van der Waals surface area (Å²) in [5, 5.41) is 12.5. The number of ether oxygens (including phenoxy) is 3. The van der Waals surface area contributed by atoms with Gasteiger partial charge in [0.1, 0.15) is 5.84 Å². The van der Waals surface area contributed by atoms with Gasteiger partial charge in [0.15, 0.2) is 17.8 Å². The summed E-state index contributed by atoms with van der Waals surface area (Å²) in [6, 6.07) is 0. The summed E-state index contributed by atoms with van der Waals surface area (Å²) < 4.78 is 15.7. The fraction of sp³-hybridized carbons (Fsp3) is 0.357. The Labute approximate surface area is 149 Å². The smallest absolute Gasteiger partial charge is 0.208 e. The minimum Gasteiger partial charge on any atom is -0.504 e. The first-order valence-corrected chi connectivity index (χ1v) is 7.58. The number of hydrogen-bond donors (Lipinski definition) is 4. The first-order chi connectivity index (χ1) is 11.4. The van der Waals surface area contributed by atoms with Gasteiger partial charge in [0.25, 0.3) is 0 Å². The monoisotopic (exact) mass is 376 g/mol. The number of nitrogens with one attached hydrogen (secondary N) is 1. The zero-order valence-corrected chi connectivity index (χ0v) is 14.8. The number of halogens is 2. The molecule has 6 N–H and O–H groups in total. The molecule has 8 nitrogen and oxygen atoms in total. The van der Waals surface area contributed by atoms with Gasteiger partial charge in [-0.15, -0.1) is 11.6 Å². The van der Waals surface area contributed by atoms with Crippen molar-refractivity contribution in [2.24, 2.45) is 16.5 Å². The molecule has 1 aliphatic rings. The molecule has 0 fully saturated rings. The van der Waals surface area contributed by atoms with Crippen LogP contribution in [0.25, 0.3) is 0 Å². The van der Waals surface area contributed by atoms with Crippen molar-refractivity contribution in [3.05, 3.63) is 22.4 Å². The summed E-state index contributed by atoms with van der Waals surface area (Å²) in [5.74, 6) is 0.200. The van der Waals surface area contributed by atoms with Gasteiger partial charge in [0.2, 0.25) is 11.5 Å². The third-order valence-electron chi connectivity index (χ3n) is 3.44. The molecule has 0 saturated heterocycles. The maximum atomic E-state index is 10.6. The van der Waals surface area contributed by atoms with E-state index >= 15 is 0 Å². The second-order valence-corrected chi connectivity index (χ2v) is 5.58. The number of amidine groups is 1. The molecule has 0 radical (unpaired) electrons. The standard InChI is InChI=1S/C14H18Cl2N4O4/c1-22-10-8(16)6(9(21)11(23-2)12(10)24-3)7(15)5-4-19-14(18)20-13(5)17/h4,7,14,19,21H,18H2,1-3H3,(H2,17,20). The molecule has 24 heavy (non-hydrogen) atoms. The van der Waals surface area contributed by atoms with Gasteiger partial charge < -0.3 is 30.4 Å². The fourth-order valence-electron chi connectivity index (χ4n) is 2.32. The molecule has 0 spiro atoms. The molecule has 1 aromatic carbocycles. The molecule has 2 unspecified atom stereocenters. The molecule has 0 amide bonds. The lowest BCUT2D eigenvalue weighted by Crippen LogP contribution is -2.39. The van der Waals surface area contributed by atoms with Gasteiger partial charge in [-0.25, -0.2) is 4.99 Å². The highest BCUT2D eigenvalue weighted by Gasteiger charge is 2.32. The van der Waals surface area contributed by atoms with Gasteiger partial charge in [-0.1, -0.05) is 11.6 Å². The highest BCUT2D eigenvalue weighted by atomic mass is 35.5. The van der Waals surface area contributed by atoms with Crippen LogP contribution in [0.5, 0.6) is 23.0 Å². The first kappa shape index (κ1) is 18.3. The summed E-state index contributed by atoms with van der Waals surface area (Å²) in [6.07, 6.45) is 0.852. The predicted molar refractivity (Wildman–Crippen MR) is 92.2 cm³/mol. The third kappa shape index (κ3) is 3.00. The van der Waals surface area contributed by atoms with Gasteiger partial charge in [0, 0.05) is 17.3 Å².